The Morgan fingerprint density at radius 2 is 2.04 bits per heavy atom. The van der Waals surface area contributed by atoms with Gasteiger partial charge in [0.1, 0.15) is 5.60 Å². The highest BCUT2D eigenvalue weighted by atomic mass is 32.5. The third-order valence-corrected chi connectivity index (χ3v) is 7.28. The van der Waals surface area contributed by atoms with E-state index in [0.29, 0.717) is 36.9 Å². The van der Waals surface area contributed by atoms with Crippen molar-refractivity contribution >= 4 is 36.3 Å². The molecule has 0 unspecified atom stereocenters. The van der Waals surface area contributed by atoms with E-state index in [-0.39, 0.29) is 5.60 Å². The van der Waals surface area contributed by atoms with Gasteiger partial charge >= 0.3 is 6.09 Å². The van der Waals surface area contributed by atoms with Crippen molar-refractivity contribution in [1.82, 2.24) is 10.0 Å². The van der Waals surface area contributed by atoms with Gasteiger partial charge in [0.25, 0.3) is 0 Å². The summed E-state index contributed by atoms with van der Waals surface area (Å²) in [7, 11) is 0. The fraction of sp³-hybridized carbons (Fsp3) is 0.588. The van der Waals surface area contributed by atoms with Crippen molar-refractivity contribution in [2.75, 3.05) is 25.4 Å². The molecule has 0 bridgehead atoms. The van der Waals surface area contributed by atoms with Gasteiger partial charge in [-0.2, -0.15) is 0 Å². The van der Waals surface area contributed by atoms with Crippen molar-refractivity contribution < 1.29 is 23.3 Å². The third kappa shape index (κ3) is 6.93. The molecular formula is C17H27N2O5PS2. The van der Waals surface area contributed by atoms with E-state index in [4.69, 9.17) is 30.3 Å². The molecule has 2 N–H and O–H groups in total. The van der Waals surface area contributed by atoms with Crippen molar-refractivity contribution in [1.29, 1.82) is 0 Å². The van der Waals surface area contributed by atoms with E-state index in [1.54, 1.807) is 6.07 Å². The van der Waals surface area contributed by atoms with E-state index in [0.717, 1.165) is 12.0 Å². The van der Waals surface area contributed by atoms with Crippen molar-refractivity contribution in [2.45, 2.75) is 39.7 Å². The van der Waals surface area contributed by atoms with Gasteiger partial charge in [-0.15, -0.1) is 0 Å². The zero-order chi connectivity index (χ0) is 19.9. The van der Waals surface area contributed by atoms with Crippen molar-refractivity contribution in [2.24, 2.45) is 0 Å². The number of hydrogen-bond acceptors (Lipinski definition) is 8. The lowest BCUT2D eigenvalue weighted by Gasteiger charge is -2.21. The van der Waals surface area contributed by atoms with Crippen molar-refractivity contribution in [3.63, 3.8) is 0 Å². The van der Waals surface area contributed by atoms with Crippen LogP contribution in [0.2, 0.25) is 0 Å². The molecule has 0 saturated carbocycles. The molecule has 0 fully saturated rings. The van der Waals surface area contributed by atoms with Gasteiger partial charge in [0.05, 0.1) is 25.4 Å². The van der Waals surface area contributed by atoms with Gasteiger partial charge in [-0.05, 0) is 45.6 Å². The molecule has 7 nitrogen and oxygen atoms in total. The molecule has 0 saturated heterocycles. The average Bonchev–Trinajstić information content (AvgIpc) is 2.90. The molecule has 1 heterocycles. The van der Waals surface area contributed by atoms with Gasteiger partial charge in [-0.1, -0.05) is 24.1 Å². The Morgan fingerprint density at radius 3 is 2.70 bits per heavy atom. The fourth-order valence-corrected chi connectivity index (χ4v) is 6.04. The quantitative estimate of drug-likeness (QED) is 0.247. The molecule has 1 aliphatic heterocycles. The Hall–Kier alpha value is -0.830. The normalized spacial score (nSPS) is 15.1. The molecule has 1 amide bonds. The Morgan fingerprint density at radius 1 is 1.33 bits per heavy atom. The topological polar surface area (TPSA) is 78.1 Å². The molecule has 0 spiro atoms. The number of rotatable bonds is 10. The molecule has 152 valence electrons. The number of carbonyl (C=O) groups excluding carboxylic acids is 1. The average molecular weight is 435 g/mol. The Kier molecular flexibility index (Phi) is 8.39. The minimum Gasteiger partial charge on any atom is -0.483 e. The standard InChI is InChI=1S/C17H27N2O5PS2/c1-5-21-25(26,22-6-2)11-19-27-12-18-16(20)23-14-9-7-8-13-10-17(3,4)24-15(13)14/h7-9,19H,5-6,10-12H2,1-4H3,(H,18,20). The Balaban J connectivity index is 1.75. The van der Waals surface area contributed by atoms with E-state index in [2.05, 4.69) is 10.0 Å². The summed E-state index contributed by atoms with van der Waals surface area (Å²) in [5.74, 6) is 1.38. The summed E-state index contributed by atoms with van der Waals surface area (Å²) in [6.45, 7) is 6.48. The summed E-state index contributed by atoms with van der Waals surface area (Å²) in [6, 6.07) is 5.57. The van der Waals surface area contributed by atoms with Crippen LogP contribution in [0.15, 0.2) is 18.2 Å². The lowest BCUT2D eigenvalue weighted by molar-refractivity contribution is 0.133. The maximum Gasteiger partial charge on any atom is 0.413 e. The van der Waals surface area contributed by atoms with E-state index in [9.17, 15) is 4.79 Å². The largest absolute Gasteiger partial charge is 0.483 e. The van der Waals surface area contributed by atoms with E-state index in [1.165, 1.54) is 11.9 Å². The van der Waals surface area contributed by atoms with Crippen LogP contribution in [-0.4, -0.2) is 37.1 Å². The molecule has 27 heavy (non-hydrogen) atoms. The molecule has 10 heteroatoms. The Bertz CT molecular complexity index is 692. The zero-order valence-electron chi connectivity index (χ0n) is 16.1. The van der Waals surface area contributed by atoms with Crippen LogP contribution < -0.4 is 19.5 Å². The molecule has 2 rings (SSSR count). The van der Waals surface area contributed by atoms with Crippen molar-refractivity contribution in [3.05, 3.63) is 23.8 Å². The first-order chi connectivity index (χ1) is 12.8. The van der Waals surface area contributed by atoms with Gasteiger partial charge in [0, 0.05) is 12.0 Å². The first-order valence-electron chi connectivity index (χ1n) is 8.78. The van der Waals surface area contributed by atoms with Crippen LogP contribution in [-0.2, 0) is 27.3 Å². The number of ether oxygens (including phenoxy) is 2. The van der Waals surface area contributed by atoms with Crippen LogP contribution in [0.3, 0.4) is 0 Å². The third-order valence-electron chi connectivity index (χ3n) is 3.56. The second-order valence-corrected chi connectivity index (χ2v) is 11.0. The summed E-state index contributed by atoms with van der Waals surface area (Å²) in [5.41, 5.74) is 0.748. The number of para-hydroxylation sites is 1. The second-order valence-electron chi connectivity index (χ2n) is 6.39. The highest BCUT2D eigenvalue weighted by Crippen LogP contribution is 2.47. The highest BCUT2D eigenvalue weighted by molar-refractivity contribution is 8.10. The highest BCUT2D eigenvalue weighted by Gasteiger charge is 2.32. The van der Waals surface area contributed by atoms with Gasteiger partial charge in [-0.3, -0.25) is 4.72 Å². The number of fused-ring (bicyclic) bond motifs is 1. The molecule has 0 atom stereocenters. The van der Waals surface area contributed by atoms with Gasteiger partial charge in [0.2, 0.25) is 6.49 Å². The predicted molar refractivity (Wildman–Crippen MR) is 112 cm³/mol. The summed E-state index contributed by atoms with van der Waals surface area (Å²) >= 11 is 6.72. The van der Waals surface area contributed by atoms with Crippen LogP contribution in [0.1, 0.15) is 33.3 Å². The first-order valence-corrected chi connectivity index (χ1v) is 12.6. The summed E-state index contributed by atoms with van der Waals surface area (Å²) in [5, 5.41) is 2.67. The zero-order valence-corrected chi connectivity index (χ0v) is 18.6. The maximum atomic E-state index is 12.0. The fourth-order valence-electron chi connectivity index (χ4n) is 2.60. The smallest absolute Gasteiger partial charge is 0.413 e. The summed E-state index contributed by atoms with van der Waals surface area (Å²) in [6.07, 6.45) is 0.660. The first kappa shape index (κ1) is 22.5. The number of carbonyl (C=O) groups is 1. The van der Waals surface area contributed by atoms with Gasteiger partial charge < -0.3 is 23.8 Å². The lowest BCUT2D eigenvalue weighted by atomic mass is 10.0. The van der Waals surface area contributed by atoms with E-state index in [1.807, 2.05) is 39.8 Å². The molecule has 1 aromatic rings. The van der Waals surface area contributed by atoms with E-state index >= 15 is 0 Å². The minimum absolute atomic E-state index is 0.293. The molecule has 0 aliphatic carbocycles. The molecule has 0 aromatic heterocycles. The van der Waals surface area contributed by atoms with Gasteiger partial charge in [-0.25, -0.2) is 4.79 Å². The summed E-state index contributed by atoms with van der Waals surface area (Å²) in [4.78, 5) is 12.0. The van der Waals surface area contributed by atoms with Crippen LogP contribution >= 0.6 is 18.4 Å². The monoisotopic (exact) mass is 434 g/mol. The van der Waals surface area contributed by atoms with Gasteiger partial charge in [0.15, 0.2) is 11.5 Å². The van der Waals surface area contributed by atoms with Crippen LogP contribution in [0.25, 0.3) is 0 Å². The second kappa shape index (κ2) is 10.1. The van der Waals surface area contributed by atoms with Crippen LogP contribution in [0, 0.1) is 0 Å². The number of hydrogen-bond donors (Lipinski definition) is 2. The predicted octanol–water partition coefficient (Wildman–Crippen LogP) is 4.02. The molecule has 1 aliphatic rings. The minimum atomic E-state index is -2.32. The molecule has 0 radical (unpaired) electrons. The SMILES string of the molecule is CCOP(=S)(CNSCNC(=O)Oc1cccc2c1OC(C)(C)C2)OCC. The van der Waals surface area contributed by atoms with Crippen LogP contribution in [0.4, 0.5) is 4.79 Å². The maximum absolute atomic E-state index is 12.0. The number of nitrogens with one attached hydrogen (secondary N) is 2. The summed E-state index contributed by atoms with van der Waals surface area (Å²) < 4.78 is 25.5. The Labute approximate surface area is 170 Å². The lowest BCUT2D eigenvalue weighted by Crippen LogP contribution is -2.28. The van der Waals surface area contributed by atoms with E-state index < -0.39 is 12.6 Å². The molecular weight excluding hydrogens is 407 g/mol. The van der Waals surface area contributed by atoms with Crippen molar-refractivity contribution in [3.8, 4) is 11.5 Å². The number of benzene rings is 1. The molecule has 1 aromatic carbocycles. The number of amides is 1. The van der Waals surface area contributed by atoms with Crippen LogP contribution in [0.5, 0.6) is 11.5 Å².